The zero-order chi connectivity index (χ0) is 18.8. The Labute approximate surface area is 158 Å². The molecule has 27 heavy (non-hydrogen) atoms. The number of aryl methyl sites for hydroxylation is 1. The predicted octanol–water partition coefficient (Wildman–Crippen LogP) is 2.43. The van der Waals surface area contributed by atoms with E-state index < -0.39 is 0 Å². The van der Waals surface area contributed by atoms with Crippen molar-refractivity contribution >= 4 is 23.2 Å². The first-order valence-electron chi connectivity index (χ1n) is 9.34. The average molecular weight is 364 g/mol. The number of pyridine rings is 1. The molecule has 0 bridgehead atoms. The summed E-state index contributed by atoms with van der Waals surface area (Å²) < 4.78 is 1.98. The van der Waals surface area contributed by atoms with Gasteiger partial charge in [0.05, 0.1) is 5.56 Å². The van der Waals surface area contributed by atoms with Crippen molar-refractivity contribution in [3.63, 3.8) is 0 Å². The fourth-order valence-corrected chi connectivity index (χ4v) is 3.43. The molecule has 1 saturated heterocycles. The Bertz CT molecular complexity index is 925. The van der Waals surface area contributed by atoms with Crippen molar-refractivity contribution in [2.45, 2.75) is 13.8 Å². The van der Waals surface area contributed by atoms with Gasteiger partial charge in [0.2, 0.25) is 5.95 Å². The molecule has 0 radical (unpaired) electrons. The second-order valence-corrected chi connectivity index (χ2v) is 6.77. The van der Waals surface area contributed by atoms with E-state index in [2.05, 4.69) is 20.2 Å². The minimum atomic E-state index is 0.0804. The molecule has 0 saturated carbocycles. The number of aromatic nitrogens is 3. The topological polar surface area (TPSA) is 65.8 Å². The van der Waals surface area contributed by atoms with Gasteiger partial charge in [-0.15, -0.1) is 0 Å². The molecule has 140 valence electrons. The highest BCUT2D eigenvalue weighted by Gasteiger charge is 2.24. The first-order valence-corrected chi connectivity index (χ1v) is 9.34. The standard InChI is InChI=1S/C20H24N6O/c1-3-21-18-12-15(2)22-20(23-18)25-10-8-24(9-11-25)19(27)16-13-17-6-4-5-7-26(17)14-16/h4-7,12-14H,3,8-11H2,1-2H3,(H,21,22,23). The van der Waals surface area contributed by atoms with E-state index in [-0.39, 0.29) is 5.91 Å². The van der Waals surface area contributed by atoms with Crippen LogP contribution in [0.2, 0.25) is 0 Å². The van der Waals surface area contributed by atoms with E-state index >= 15 is 0 Å². The zero-order valence-electron chi connectivity index (χ0n) is 15.7. The van der Waals surface area contributed by atoms with E-state index in [9.17, 15) is 4.79 Å². The van der Waals surface area contributed by atoms with Gasteiger partial charge in [-0.2, -0.15) is 4.98 Å². The van der Waals surface area contributed by atoms with Crippen LogP contribution in [0.1, 0.15) is 23.0 Å². The van der Waals surface area contributed by atoms with Gasteiger partial charge in [-0.05, 0) is 32.0 Å². The lowest BCUT2D eigenvalue weighted by Gasteiger charge is -2.34. The monoisotopic (exact) mass is 364 g/mol. The number of hydrogen-bond donors (Lipinski definition) is 1. The van der Waals surface area contributed by atoms with Gasteiger partial charge in [-0.1, -0.05) is 6.07 Å². The number of hydrogen-bond acceptors (Lipinski definition) is 5. The molecule has 7 nitrogen and oxygen atoms in total. The molecule has 4 rings (SSSR count). The van der Waals surface area contributed by atoms with E-state index in [1.54, 1.807) is 0 Å². The summed E-state index contributed by atoms with van der Waals surface area (Å²) in [6.07, 6.45) is 3.86. The number of carbonyl (C=O) groups excluding carboxylic acids is 1. The molecule has 1 fully saturated rings. The van der Waals surface area contributed by atoms with Crippen LogP contribution in [-0.4, -0.2) is 57.9 Å². The predicted molar refractivity (Wildman–Crippen MR) is 106 cm³/mol. The third kappa shape index (κ3) is 3.58. The first-order chi connectivity index (χ1) is 13.1. The zero-order valence-corrected chi connectivity index (χ0v) is 15.7. The minimum absolute atomic E-state index is 0.0804. The maximum Gasteiger partial charge on any atom is 0.255 e. The molecular formula is C20H24N6O. The van der Waals surface area contributed by atoms with Crippen LogP contribution in [0.4, 0.5) is 11.8 Å². The molecule has 1 aliphatic rings. The lowest BCUT2D eigenvalue weighted by Crippen LogP contribution is -2.49. The number of rotatable bonds is 4. The van der Waals surface area contributed by atoms with Crippen LogP contribution in [0.25, 0.3) is 5.52 Å². The van der Waals surface area contributed by atoms with Gasteiger partial charge >= 0.3 is 0 Å². The molecule has 0 atom stereocenters. The van der Waals surface area contributed by atoms with Crippen molar-refractivity contribution in [2.24, 2.45) is 0 Å². The fourth-order valence-electron chi connectivity index (χ4n) is 3.43. The van der Waals surface area contributed by atoms with E-state index in [1.807, 2.05) is 65.9 Å². The highest BCUT2D eigenvalue weighted by Crippen LogP contribution is 2.18. The average Bonchev–Trinajstić information content (AvgIpc) is 3.11. The van der Waals surface area contributed by atoms with E-state index in [0.717, 1.165) is 48.2 Å². The molecular weight excluding hydrogens is 340 g/mol. The Morgan fingerprint density at radius 1 is 1.15 bits per heavy atom. The second-order valence-electron chi connectivity index (χ2n) is 6.77. The van der Waals surface area contributed by atoms with Gasteiger partial charge in [0.1, 0.15) is 5.82 Å². The quantitative estimate of drug-likeness (QED) is 0.770. The highest BCUT2D eigenvalue weighted by atomic mass is 16.2. The Hall–Kier alpha value is -3.09. The third-order valence-corrected chi connectivity index (χ3v) is 4.80. The normalized spacial score (nSPS) is 14.6. The smallest absolute Gasteiger partial charge is 0.255 e. The Balaban J connectivity index is 1.45. The molecule has 7 heteroatoms. The van der Waals surface area contributed by atoms with Crippen LogP contribution in [0.3, 0.4) is 0 Å². The fraction of sp³-hybridized carbons (Fsp3) is 0.350. The number of nitrogens with one attached hydrogen (secondary N) is 1. The summed E-state index contributed by atoms with van der Waals surface area (Å²) in [5, 5.41) is 3.24. The van der Waals surface area contributed by atoms with Gasteiger partial charge in [0, 0.05) is 62.4 Å². The summed E-state index contributed by atoms with van der Waals surface area (Å²) in [7, 11) is 0. The third-order valence-electron chi connectivity index (χ3n) is 4.80. The molecule has 3 aromatic rings. The van der Waals surface area contributed by atoms with Gasteiger partial charge < -0.3 is 19.5 Å². The Morgan fingerprint density at radius 2 is 1.96 bits per heavy atom. The molecule has 1 aliphatic heterocycles. The van der Waals surface area contributed by atoms with Crippen molar-refractivity contribution in [2.75, 3.05) is 42.9 Å². The van der Waals surface area contributed by atoms with Crippen LogP contribution >= 0.6 is 0 Å². The number of fused-ring (bicyclic) bond motifs is 1. The summed E-state index contributed by atoms with van der Waals surface area (Å²) in [5.74, 6) is 1.66. The largest absolute Gasteiger partial charge is 0.370 e. The van der Waals surface area contributed by atoms with Gasteiger partial charge in [0.25, 0.3) is 5.91 Å². The van der Waals surface area contributed by atoms with Crippen LogP contribution < -0.4 is 10.2 Å². The Kier molecular flexibility index (Phi) is 4.66. The molecule has 1 amide bonds. The van der Waals surface area contributed by atoms with Crippen molar-refractivity contribution in [3.05, 3.63) is 54.0 Å². The van der Waals surface area contributed by atoms with Gasteiger partial charge in [-0.3, -0.25) is 4.79 Å². The van der Waals surface area contributed by atoms with Crippen LogP contribution in [0, 0.1) is 6.92 Å². The first kappa shape index (κ1) is 17.3. The summed E-state index contributed by atoms with van der Waals surface area (Å²) in [6.45, 7) is 7.64. The number of anilines is 2. The van der Waals surface area contributed by atoms with E-state index in [4.69, 9.17) is 0 Å². The van der Waals surface area contributed by atoms with E-state index in [0.29, 0.717) is 13.1 Å². The summed E-state index contributed by atoms with van der Waals surface area (Å²) in [6, 6.07) is 9.84. The molecule has 0 aliphatic carbocycles. The number of carbonyl (C=O) groups is 1. The summed E-state index contributed by atoms with van der Waals surface area (Å²) >= 11 is 0. The van der Waals surface area contributed by atoms with Crippen molar-refractivity contribution in [1.82, 2.24) is 19.3 Å². The summed E-state index contributed by atoms with van der Waals surface area (Å²) in [5.41, 5.74) is 2.70. The minimum Gasteiger partial charge on any atom is -0.370 e. The molecule has 3 aromatic heterocycles. The van der Waals surface area contributed by atoms with Crippen molar-refractivity contribution < 1.29 is 4.79 Å². The molecule has 1 N–H and O–H groups in total. The number of nitrogens with zero attached hydrogens (tertiary/aromatic N) is 5. The maximum atomic E-state index is 12.9. The van der Waals surface area contributed by atoms with E-state index in [1.165, 1.54) is 0 Å². The molecule has 0 spiro atoms. The van der Waals surface area contributed by atoms with Crippen LogP contribution in [-0.2, 0) is 0 Å². The molecule has 0 aromatic carbocycles. The summed E-state index contributed by atoms with van der Waals surface area (Å²) in [4.78, 5) is 26.1. The van der Waals surface area contributed by atoms with Crippen LogP contribution in [0.15, 0.2) is 42.7 Å². The number of amides is 1. The van der Waals surface area contributed by atoms with Gasteiger partial charge in [-0.25, -0.2) is 4.98 Å². The van der Waals surface area contributed by atoms with Gasteiger partial charge in [0.15, 0.2) is 0 Å². The Morgan fingerprint density at radius 3 is 2.70 bits per heavy atom. The lowest BCUT2D eigenvalue weighted by molar-refractivity contribution is 0.0746. The molecule has 4 heterocycles. The maximum absolute atomic E-state index is 12.9. The van der Waals surface area contributed by atoms with Crippen molar-refractivity contribution in [3.8, 4) is 0 Å². The highest BCUT2D eigenvalue weighted by molar-refractivity contribution is 5.95. The van der Waals surface area contributed by atoms with Crippen LogP contribution in [0.5, 0.6) is 0 Å². The van der Waals surface area contributed by atoms with Crippen molar-refractivity contribution in [1.29, 1.82) is 0 Å². The SMILES string of the molecule is CCNc1cc(C)nc(N2CCN(C(=O)c3cc4ccccn4c3)CC2)n1. The molecule has 0 unspecified atom stereocenters. The second kappa shape index (κ2) is 7.26. The number of piperazine rings is 1. The lowest BCUT2D eigenvalue weighted by atomic mass is 10.2.